The fraction of sp³-hybridized carbons (Fsp3) is 0.357. The molecule has 0 saturated heterocycles. The number of aromatic nitrogens is 2. The number of imidazole rings is 1. The van der Waals surface area contributed by atoms with Gasteiger partial charge in [0.2, 0.25) is 0 Å². The molecule has 0 spiro atoms. The van der Waals surface area contributed by atoms with Crippen molar-refractivity contribution in [1.82, 2.24) is 9.97 Å². The minimum absolute atomic E-state index is 0.161. The number of halogens is 2. The van der Waals surface area contributed by atoms with Gasteiger partial charge < -0.3 is 10.7 Å². The fourth-order valence-corrected chi connectivity index (χ4v) is 1.77. The molecule has 2 rings (SSSR count). The van der Waals surface area contributed by atoms with Crippen LogP contribution in [0.25, 0.3) is 11.3 Å². The van der Waals surface area contributed by atoms with Crippen molar-refractivity contribution >= 4 is 0 Å². The molecule has 1 aromatic carbocycles. The average molecular weight is 265 g/mol. The summed E-state index contributed by atoms with van der Waals surface area (Å²) in [7, 11) is 0. The Bertz CT molecular complexity index is 603. The zero-order valence-corrected chi connectivity index (χ0v) is 11.2. The minimum atomic E-state index is -0.613. The SMILES string of the molecule is CCC(C)(N)c1ncc(-c2cc(F)c(C)cc2F)[nH]1. The van der Waals surface area contributed by atoms with Gasteiger partial charge in [0, 0.05) is 5.56 Å². The highest BCUT2D eigenvalue weighted by molar-refractivity contribution is 5.60. The Kier molecular flexibility index (Phi) is 3.41. The maximum absolute atomic E-state index is 13.9. The number of aryl methyl sites for hydroxylation is 1. The molecule has 3 N–H and O–H groups in total. The lowest BCUT2D eigenvalue weighted by atomic mass is 10.00. The second-order valence-electron chi connectivity index (χ2n) is 5.00. The monoisotopic (exact) mass is 265 g/mol. The number of hydrogen-bond acceptors (Lipinski definition) is 2. The Balaban J connectivity index is 2.47. The highest BCUT2D eigenvalue weighted by Gasteiger charge is 2.23. The molecule has 0 aliphatic rings. The van der Waals surface area contributed by atoms with Gasteiger partial charge >= 0.3 is 0 Å². The topological polar surface area (TPSA) is 54.7 Å². The predicted octanol–water partition coefficient (Wildman–Crippen LogP) is 3.25. The quantitative estimate of drug-likeness (QED) is 0.895. The molecule has 1 unspecified atom stereocenters. The highest BCUT2D eigenvalue weighted by Crippen LogP contribution is 2.26. The molecule has 1 aromatic heterocycles. The van der Waals surface area contributed by atoms with Crippen molar-refractivity contribution in [1.29, 1.82) is 0 Å². The third kappa shape index (κ3) is 2.51. The van der Waals surface area contributed by atoms with Crippen molar-refractivity contribution in [2.24, 2.45) is 5.73 Å². The van der Waals surface area contributed by atoms with Gasteiger partial charge in [-0.2, -0.15) is 0 Å². The van der Waals surface area contributed by atoms with Gasteiger partial charge in [-0.15, -0.1) is 0 Å². The summed E-state index contributed by atoms with van der Waals surface area (Å²) >= 11 is 0. The van der Waals surface area contributed by atoms with Crippen LogP contribution in [-0.4, -0.2) is 9.97 Å². The van der Waals surface area contributed by atoms with E-state index in [0.717, 1.165) is 0 Å². The van der Waals surface area contributed by atoms with Gasteiger partial charge in [0.25, 0.3) is 0 Å². The van der Waals surface area contributed by atoms with Gasteiger partial charge in [-0.05, 0) is 38.0 Å². The molecule has 0 radical (unpaired) electrons. The first-order valence-electron chi connectivity index (χ1n) is 6.15. The summed E-state index contributed by atoms with van der Waals surface area (Å²) in [6.07, 6.45) is 2.16. The van der Waals surface area contributed by atoms with Gasteiger partial charge in [0.1, 0.15) is 17.5 Å². The molecule has 19 heavy (non-hydrogen) atoms. The summed E-state index contributed by atoms with van der Waals surface area (Å²) < 4.78 is 27.4. The summed E-state index contributed by atoms with van der Waals surface area (Å²) in [5.74, 6) is -0.367. The van der Waals surface area contributed by atoms with E-state index in [1.807, 2.05) is 13.8 Å². The number of aromatic amines is 1. The highest BCUT2D eigenvalue weighted by atomic mass is 19.1. The standard InChI is InChI=1S/C14H17F2N3/c1-4-14(3,17)13-18-7-12(19-13)9-6-10(15)8(2)5-11(9)16/h5-7H,4,17H2,1-3H3,(H,18,19). The van der Waals surface area contributed by atoms with Crippen LogP contribution in [0.1, 0.15) is 31.7 Å². The molecule has 0 saturated carbocycles. The molecule has 0 aliphatic heterocycles. The maximum atomic E-state index is 13.9. The Labute approximate surface area is 110 Å². The number of rotatable bonds is 3. The van der Waals surface area contributed by atoms with Crippen LogP contribution in [0.2, 0.25) is 0 Å². The molecule has 1 heterocycles. The number of hydrogen-bond donors (Lipinski definition) is 2. The molecular formula is C14H17F2N3. The van der Waals surface area contributed by atoms with Gasteiger partial charge in [-0.1, -0.05) is 6.92 Å². The predicted molar refractivity (Wildman–Crippen MR) is 70.5 cm³/mol. The first-order valence-corrected chi connectivity index (χ1v) is 6.15. The van der Waals surface area contributed by atoms with Crippen LogP contribution in [0.4, 0.5) is 8.78 Å². The third-order valence-electron chi connectivity index (χ3n) is 3.39. The molecule has 0 fully saturated rings. The maximum Gasteiger partial charge on any atom is 0.133 e. The molecule has 0 amide bonds. The summed E-state index contributed by atoms with van der Waals surface area (Å²) in [5.41, 5.74) is 6.31. The molecular weight excluding hydrogens is 248 g/mol. The largest absolute Gasteiger partial charge is 0.340 e. The molecule has 5 heteroatoms. The van der Waals surface area contributed by atoms with E-state index in [4.69, 9.17) is 5.73 Å². The lowest BCUT2D eigenvalue weighted by Crippen LogP contribution is -2.33. The summed E-state index contributed by atoms with van der Waals surface area (Å²) in [4.78, 5) is 7.12. The Morgan fingerprint density at radius 1 is 1.32 bits per heavy atom. The van der Waals surface area contributed by atoms with Crippen molar-refractivity contribution < 1.29 is 8.78 Å². The van der Waals surface area contributed by atoms with E-state index in [-0.39, 0.29) is 11.1 Å². The fourth-order valence-electron chi connectivity index (χ4n) is 1.77. The Morgan fingerprint density at radius 2 is 2.00 bits per heavy atom. The van der Waals surface area contributed by atoms with E-state index < -0.39 is 17.2 Å². The molecule has 1 atom stereocenters. The van der Waals surface area contributed by atoms with Crippen molar-refractivity contribution in [2.75, 3.05) is 0 Å². The van der Waals surface area contributed by atoms with Crippen LogP contribution >= 0.6 is 0 Å². The zero-order chi connectivity index (χ0) is 14.2. The van der Waals surface area contributed by atoms with Crippen LogP contribution in [0.15, 0.2) is 18.3 Å². The van der Waals surface area contributed by atoms with Crippen molar-refractivity contribution in [3.8, 4) is 11.3 Å². The lowest BCUT2D eigenvalue weighted by Gasteiger charge is -2.19. The number of H-pyrrole nitrogens is 1. The Hall–Kier alpha value is -1.75. The van der Waals surface area contributed by atoms with E-state index in [0.29, 0.717) is 17.9 Å². The Morgan fingerprint density at radius 3 is 2.63 bits per heavy atom. The molecule has 0 aliphatic carbocycles. The van der Waals surface area contributed by atoms with Crippen molar-refractivity contribution in [2.45, 2.75) is 32.7 Å². The van der Waals surface area contributed by atoms with Crippen LogP contribution in [0, 0.1) is 18.6 Å². The number of nitrogens with two attached hydrogens (primary N) is 1. The third-order valence-corrected chi connectivity index (χ3v) is 3.39. The minimum Gasteiger partial charge on any atom is -0.340 e. The summed E-state index contributed by atoms with van der Waals surface area (Å²) in [5, 5.41) is 0. The lowest BCUT2D eigenvalue weighted by molar-refractivity contribution is 0.450. The van der Waals surface area contributed by atoms with Crippen LogP contribution in [0.3, 0.4) is 0 Å². The number of nitrogens with one attached hydrogen (secondary N) is 1. The second-order valence-corrected chi connectivity index (χ2v) is 5.00. The van der Waals surface area contributed by atoms with Crippen molar-refractivity contribution in [3.63, 3.8) is 0 Å². The van der Waals surface area contributed by atoms with Gasteiger partial charge in [-0.25, -0.2) is 13.8 Å². The van der Waals surface area contributed by atoms with Gasteiger partial charge in [-0.3, -0.25) is 0 Å². The van der Waals surface area contributed by atoms with E-state index in [9.17, 15) is 8.78 Å². The van der Waals surface area contributed by atoms with Crippen molar-refractivity contribution in [3.05, 3.63) is 41.4 Å². The smallest absolute Gasteiger partial charge is 0.133 e. The van der Waals surface area contributed by atoms with Gasteiger partial charge in [0.15, 0.2) is 0 Å². The molecule has 2 aromatic rings. The number of nitrogens with zero attached hydrogens (tertiary/aromatic N) is 1. The molecule has 3 nitrogen and oxygen atoms in total. The molecule has 0 bridgehead atoms. The normalized spacial score (nSPS) is 14.4. The summed E-state index contributed by atoms with van der Waals surface area (Å²) in [6, 6.07) is 2.34. The first-order chi connectivity index (χ1) is 8.85. The van der Waals surface area contributed by atoms with E-state index in [1.54, 1.807) is 0 Å². The van der Waals surface area contributed by atoms with E-state index >= 15 is 0 Å². The molecule has 102 valence electrons. The van der Waals surface area contributed by atoms with E-state index in [2.05, 4.69) is 9.97 Å². The first kappa shape index (κ1) is 13.7. The second kappa shape index (κ2) is 4.74. The number of benzene rings is 1. The van der Waals surface area contributed by atoms with E-state index in [1.165, 1.54) is 25.3 Å². The summed E-state index contributed by atoms with van der Waals surface area (Å²) in [6.45, 7) is 5.30. The average Bonchev–Trinajstić information content (AvgIpc) is 2.84. The van der Waals surface area contributed by atoms with Gasteiger partial charge in [0.05, 0.1) is 17.4 Å². The zero-order valence-electron chi connectivity index (χ0n) is 11.2. The van der Waals surface area contributed by atoms with Crippen LogP contribution < -0.4 is 5.73 Å². The van der Waals surface area contributed by atoms with Crippen LogP contribution in [0.5, 0.6) is 0 Å². The van der Waals surface area contributed by atoms with Crippen LogP contribution in [-0.2, 0) is 5.54 Å².